The van der Waals surface area contributed by atoms with Crippen LogP contribution >= 0.6 is 0 Å². The number of hydrogen-bond donors (Lipinski definition) is 2. The van der Waals surface area contributed by atoms with Gasteiger partial charge in [0.2, 0.25) is 0 Å². The molecule has 3 N–H and O–H groups in total. The van der Waals surface area contributed by atoms with Crippen molar-refractivity contribution < 1.29 is 4.79 Å². The van der Waals surface area contributed by atoms with Gasteiger partial charge < -0.3 is 4.90 Å². The highest BCUT2D eigenvalue weighted by molar-refractivity contribution is 5.93. The minimum atomic E-state index is -0.246. The maximum absolute atomic E-state index is 11.4. The number of hydrogen-bond acceptors (Lipinski definition) is 4. The van der Waals surface area contributed by atoms with Crippen molar-refractivity contribution in [3.05, 3.63) is 35.4 Å². The van der Waals surface area contributed by atoms with Crippen LogP contribution in [0.5, 0.6) is 0 Å². The van der Waals surface area contributed by atoms with Gasteiger partial charge in [-0.15, -0.1) is 0 Å². The van der Waals surface area contributed by atoms with Crippen molar-refractivity contribution in [2.24, 2.45) is 5.84 Å². The van der Waals surface area contributed by atoms with Crippen LogP contribution in [0.25, 0.3) is 0 Å². The Morgan fingerprint density at radius 2 is 1.75 bits per heavy atom. The molecule has 1 amide bonds. The highest BCUT2D eigenvalue weighted by atomic mass is 16.2. The molecule has 0 aromatic heterocycles. The van der Waals surface area contributed by atoms with Gasteiger partial charge in [0.05, 0.1) is 0 Å². The Morgan fingerprint density at radius 1 is 1.15 bits per heavy atom. The summed E-state index contributed by atoms with van der Waals surface area (Å²) in [4.78, 5) is 16.3. The summed E-state index contributed by atoms with van der Waals surface area (Å²) in [7, 11) is 0. The van der Waals surface area contributed by atoms with Crippen LogP contribution in [0.1, 0.15) is 29.3 Å². The summed E-state index contributed by atoms with van der Waals surface area (Å²) >= 11 is 0. The molecule has 1 heterocycles. The van der Waals surface area contributed by atoms with Gasteiger partial charge in [0, 0.05) is 38.3 Å². The Kier molecular flexibility index (Phi) is 5.52. The second-order valence-electron chi connectivity index (χ2n) is 5.29. The minimum absolute atomic E-state index is 0.246. The lowest BCUT2D eigenvalue weighted by Gasteiger charge is -2.34. The second-order valence-corrected chi connectivity index (χ2v) is 5.29. The molecule has 1 aliphatic heterocycles. The number of carbonyl (C=O) groups is 1. The fourth-order valence-electron chi connectivity index (χ4n) is 2.59. The lowest BCUT2D eigenvalue weighted by Crippen LogP contribution is -2.45. The maximum Gasteiger partial charge on any atom is 0.265 e. The van der Waals surface area contributed by atoms with Crippen LogP contribution < -0.4 is 11.3 Å². The molecule has 0 saturated carbocycles. The summed E-state index contributed by atoms with van der Waals surface area (Å²) in [5.74, 6) is 4.87. The normalized spacial score (nSPS) is 17.1. The van der Waals surface area contributed by atoms with E-state index in [4.69, 9.17) is 5.84 Å². The third-order valence-electron chi connectivity index (χ3n) is 3.76. The molecule has 2 rings (SSSR count). The van der Waals surface area contributed by atoms with Crippen LogP contribution in [0.4, 0.5) is 0 Å². The SMILES string of the molecule is CCCN1CCN(Cc2ccc(C(=O)NN)cc2)CC1. The third kappa shape index (κ3) is 4.03. The monoisotopic (exact) mass is 276 g/mol. The van der Waals surface area contributed by atoms with E-state index < -0.39 is 0 Å². The first-order valence-corrected chi connectivity index (χ1v) is 7.27. The topological polar surface area (TPSA) is 61.6 Å². The zero-order valence-corrected chi connectivity index (χ0v) is 12.1. The largest absolute Gasteiger partial charge is 0.301 e. The summed E-state index contributed by atoms with van der Waals surface area (Å²) in [6.07, 6.45) is 1.23. The summed E-state index contributed by atoms with van der Waals surface area (Å²) < 4.78 is 0. The lowest BCUT2D eigenvalue weighted by atomic mass is 10.1. The molecule has 1 fully saturated rings. The molecule has 0 bridgehead atoms. The molecule has 110 valence electrons. The van der Waals surface area contributed by atoms with Gasteiger partial charge in [0.15, 0.2) is 0 Å². The fourth-order valence-corrected chi connectivity index (χ4v) is 2.59. The molecule has 5 nitrogen and oxygen atoms in total. The van der Waals surface area contributed by atoms with Gasteiger partial charge in [0.25, 0.3) is 5.91 Å². The molecule has 1 aromatic carbocycles. The van der Waals surface area contributed by atoms with Gasteiger partial charge in [0.1, 0.15) is 0 Å². The van der Waals surface area contributed by atoms with E-state index in [9.17, 15) is 4.79 Å². The van der Waals surface area contributed by atoms with Gasteiger partial charge in [-0.05, 0) is 30.7 Å². The van der Waals surface area contributed by atoms with Crippen molar-refractivity contribution in [3.63, 3.8) is 0 Å². The number of nitrogens with one attached hydrogen (secondary N) is 1. The lowest BCUT2D eigenvalue weighted by molar-refractivity contribution is 0.0953. The van der Waals surface area contributed by atoms with E-state index in [1.54, 1.807) is 0 Å². The molecule has 0 radical (unpaired) electrons. The van der Waals surface area contributed by atoms with Crippen molar-refractivity contribution >= 4 is 5.91 Å². The summed E-state index contributed by atoms with van der Waals surface area (Å²) in [6, 6.07) is 7.65. The molecule has 1 saturated heterocycles. The van der Waals surface area contributed by atoms with Crippen LogP contribution in [0, 0.1) is 0 Å². The third-order valence-corrected chi connectivity index (χ3v) is 3.76. The van der Waals surface area contributed by atoms with Gasteiger partial charge in [-0.1, -0.05) is 19.1 Å². The highest BCUT2D eigenvalue weighted by Crippen LogP contribution is 2.10. The predicted molar refractivity (Wildman–Crippen MR) is 80.1 cm³/mol. The van der Waals surface area contributed by atoms with Crippen molar-refractivity contribution in [2.45, 2.75) is 19.9 Å². The molecule has 1 aromatic rings. The number of rotatable bonds is 5. The van der Waals surface area contributed by atoms with Crippen molar-refractivity contribution in [1.29, 1.82) is 0 Å². The minimum Gasteiger partial charge on any atom is -0.301 e. The van der Waals surface area contributed by atoms with Gasteiger partial charge in [-0.2, -0.15) is 0 Å². The number of hydrazine groups is 1. The Hall–Kier alpha value is -1.43. The number of nitrogens with two attached hydrogens (primary N) is 1. The van der Waals surface area contributed by atoms with E-state index in [0.29, 0.717) is 5.56 Å². The standard InChI is InChI=1S/C15H24N4O/c1-2-7-18-8-10-19(11-9-18)12-13-3-5-14(6-4-13)15(20)17-16/h3-6H,2,7-12,16H2,1H3,(H,17,20). The van der Waals surface area contributed by atoms with Crippen molar-refractivity contribution in [3.8, 4) is 0 Å². The van der Waals surface area contributed by atoms with E-state index in [2.05, 4.69) is 22.1 Å². The Morgan fingerprint density at radius 3 is 2.30 bits per heavy atom. The fraction of sp³-hybridized carbons (Fsp3) is 0.533. The molecule has 5 heteroatoms. The number of benzene rings is 1. The smallest absolute Gasteiger partial charge is 0.265 e. The number of piperazine rings is 1. The molecule has 0 unspecified atom stereocenters. The van der Waals surface area contributed by atoms with Crippen LogP contribution in [0.15, 0.2) is 24.3 Å². The maximum atomic E-state index is 11.4. The first kappa shape index (κ1) is 15.0. The predicted octanol–water partition coefficient (Wildman–Crippen LogP) is 0.818. The van der Waals surface area contributed by atoms with Gasteiger partial charge in [-0.25, -0.2) is 5.84 Å². The second kappa shape index (κ2) is 7.38. The number of nitrogen functional groups attached to an aromatic ring is 1. The average Bonchev–Trinajstić information content (AvgIpc) is 2.49. The quantitative estimate of drug-likeness (QED) is 0.475. The Labute approximate surface area is 120 Å². The van der Waals surface area contributed by atoms with Crippen molar-refractivity contribution in [1.82, 2.24) is 15.2 Å². The molecular formula is C15H24N4O. The van der Waals surface area contributed by atoms with E-state index in [1.165, 1.54) is 18.5 Å². The highest BCUT2D eigenvalue weighted by Gasteiger charge is 2.16. The number of nitrogens with zero attached hydrogens (tertiary/aromatic N) is 2. The summed E-state index contributed by atoms with van der Waals surface area (Å²) in [5.41, 5.74) is 3.98. The Balaban J connectivity index is 1.84. The van der Waals surface area contributed by atoms with Crippen LogP contribution in [0.3, 0.4) is 0 Å². The molecule has 1 aliphatic rings. The molecule has 0 aliphatic carbocycles. The van der Waals surface area contributed by atoms with Crippen LogP contribution in [-0.2, 0) is 6.54 Å². The Bertz CT molecular complexity index is 424. The first-order chi connectivity index (χ1) is 9.72. The van der Waals surface area contributed by atoms with Crippen LogP contribution in [-0.4, -0.2) is 48.4 Å². The number of carbonyl (C=O) groups excluding carboxylic acids is 1. The van der Waals surface area contributed by atoms with E-state index in [-0.39, 0.29) is 5.91 Å². The zero-order chi connectivity index (χ0) is 14.4. The molecule has 20 heavy (non-hydrogen) atoms. The van der Waals surface area contributed by atoms with E-state index in [0.717, 1.165) is 32.7 Å². The molecule has 0 atom stereocenters. The van der Waals surface area contributed by atoms with Crippen LogP contribution in [0.2, 0.25) is 0 Å². The van der Waals surface area contributed by atoms with E-state index in [1.807, 2.05) is 24.3 Å². The first-order valence-electron chi connectivity index (χ1n) is 7.27. The molecule has 0 spiro atoms. The van der Waals surface area contributed by atoms with E-state index >= 15 is 0 Å². The summed E-state index contributed by atoms with van der Waals surface area (Å²) in [6.45, 7) is 8.92. The summed E-state index contributed by atoms with van der Waals surface area (Å²) in [5, 5.41) is 0. The zero-order valence-electron chi connectivity index (χ0n) is 12.1. The van der Waals surface area contributed by atoms with Gasteiger partial charge in [-0.3, -0.25) is 15.1 Å². The average molecular weight is 276 g/mol. The van der Waals surface area contributed by atoms with Crippen molar-refractivity contribution in [2.75, 3.05) is 32.7 Å². The van der Waals surface area contributed by atoms with Gasteiger partial charge >= 0.3 is 0 Å². The molecular weight excluding hydrogens is 252 g/mol. The number of amides is 1.